The number of hydrogen-bond donors (Lipinski definition) is 1. The molecule has 0 saturated heterocycles. The first-order valence-electron chi connectivity index (χ1n) is 6.66. The van der Waals surface area contributed by atoms with Crippen molar-refractivity contribution in [1.29, 1.82) is 0 Å². The Hall–Kier alpha value is -0.340. The highest BCUT2D eigenvalue weighted by Gasteiger charge is 2.07. The summed E-state index contributed by atoms with van der Waals surface area (Å²) in [6.45, 7) is 11.9. The average Bonchev–Trinajstić information content (AvgIpc) is 2.25. The van der Waals surface area contributed by atoms with Gasteiger partial charge in [-0.3, -0.25) is 0 Å². The number of unbranched alkanes of at least 4 members (excludes halogenated alkanes) is 3. The summed E-state index contributed by atoms with van der Waals surface area (Å²) in [5.41, 5.74) is 0. The first-order valence-corrected chi connectivity index (χ1v) is 6.66. The van der Waals surface area contributed by atoms with Crippen molar-refractivity contribution >= 4 is 0 Å². The summed E-state index contributed by atoms with van der Waals surface area (Å²) < 4.78 is 5.66. The van der Waals surface area contributed by atoms with E-state index in [1.54, 1.807) is 0 Å². The van der Waals surface area contributed by atoms with E-state index in [0.29, 0.717) is 12.1 Å². The summed E-state index contributed by atoms with van der Waals surface area (Å²) in [4.78, 5) is 0. The molecule has 0 aromatic carbocycles. The zero-order valence-electron chi connectivity index (χ0n) is 11.3. The lowest BCUT2D eigenvalue weighted by Crippen LogP contribution is -2.34. The summed E-state index contributed by atoms with van der Waals surface area (Å²) in [6.07, 6.45) is 8.56. The number of hydrogen-bond acceptors (Lipinski definition) is 2. The van der Waals surface area contributed by atoms with Crippen LogP contribution in [0.1, 0.15) is 52.9 Å². The van der Waals surface area contributed by atoms with Crippen molar-refractivity contribution in [2.45, 2.75) is 65.0 Å². The Morgan fingerprint density at radius 2 is 2.00 bits per heavy atom. The smallest absolute Gasteiger partial charge is 0.0623 e. The van der Waals surface area contributed by atoms with E-state index in [1.165, 1.54) is 25.7 Å². The highest BCUT2D eigenvalue weighted by molar-refractivity contribution is 4.68. The van der Waals surface area contributed by atoms with Gasteiger partial charge in [-0.25, -0.2) is 0 Å². The molecule has 0 heterocycles. The Morgan fingerprint density at radius 3 is 2.56 bits per heavy atom. The van der Waals surface area contributed by atoms with E-state index in [2.05, 4.69) is 32.7 Å². The molecule has 0 amide bonds. The third kappa shape index (κ3) is 10.2. The van der Waals surface area contributed by atoms with Gasteiger partial charge in [-0.05, 0) is 39.7 Å². The SMILES string of the molecule is C=CCCCCCC(COC(C)C)NCC. The Bertz CT molecular complexity index is 157. The maximum Gasteiger partial charge on any atom is 0.0623 e. The molecule has 0 aromatic rings. The summed E-state index contributed by atoms with van der Waals surface area (Å²) in [5, 5.41) is 3.48. The lowest BCUT2D eigenvalue weighted by atomic mass is 10.1. The van der Waals surface area contributed by atoms with Crippen LogP contribution in [0.25, 0.3) is 0 Å². The molecule has 1 unspecified atom stereocenters. The van der Waals surface area contributed by atoms with Crippen LogP contribution in [0.5, 0.6) is 0 Å². The zero-order valence-corrected chi connectivity index (χ0v) is 11.3. The van der Waals surface area contributed by atoms with Crippen LogP contribution in [0.2, 0.25) is 0 Å². The predicted octanol–water partition coefficient (Wildman–Crippen LogP) is 3.53. The molecule has 96 valence electrons. The van der Waals surface area contributed by atoms with Gasteiger partial charge in [0.2, 0.25) is 0 Å². The fraction of sp³-hybridized carbons (Fsp3) is 0.857. The molecule has 0 saturated carbocycles. The van der Waals surface area contributed by atoms with Crippen molar-refractivity contribution < 1.29 is 4.74 Å². The maximum absolute atomic E-state index is 5.66. The molecule has 0 aromatic heterocycles. The van der Waals surface area contributed by atoms with E-state index >= 15 is 0 Å². The highest BCUT2D eigenvalue weighted by Crippen LogP contribution is 2.07. The molecule has 0 aliphatic rings. The standard InChI is InChI=1S/C14H29NO/c1-5-7-8-9-10-11-14(15-6-2)12-16-13(3)4/h5,13-15H,1,6-12H2,2-4H3. The van der Waals surface area contributed by atoms with Crippen LogP contribution >= 0.6 is 0 Å². The van der Waals surface area contributed by atoms with Gasteiger partial charge in [-0.1, -0.05) is 25.8 Å². The van der Waals surface area contributed by atoms with E-state index < -0.39 is 0 Å². The van der Waals surface area contributed by atoms with Crippen LogP contribution in [0.4, 0.5) is 0 Å². The van der Waals surface area contributed by atoms with Crippen LogP contribution in [0.3, 0.4) is 0 Å². The minimum Gasteiger partial charge on any atom is -0.377 e. The van der Waals surface area contributed by atoms with Gasteiger partial charge in [0.05, 0.1) is 12.7 Å². The fourth-order valence-corrected chi connectivity index (χ4v) is 1.70. The Labute approximate surface area is 101 Å². The Kier molecular flexibility index (Phi) is 10.9. The van der Waals surface area contributed by atoms with E-state index in [-0.39, 0.29) is 0 Å². The van der Waals surface area contributed by atoms with E-state index in [9.17, 15) is 0 Å². The molecule has 2 nitrogen and oxygen atoms in total. The van der Waals surface area contributed by atoms with Gasteiger partial charge < -0.3 is 10.1 Å². The molecule has 16 heavy (non-hydrogen) atoms. The van der Waals surface area contributed by atoms with Gasteiger partial charge in [0.25, 0.3) is 0 Å². The molecule has 0 radical (unpaired) electrons. The number of likely N-dealkylation sites (N-methyl/N-ethyl adjacent to an activating group) is 1. The van der Waals surface area contributed by atoms with Crippen molar-refractivity contribution in [2.24, 2.45) is 0 Å². The summed E-state index contributed by atoms with van der Waals surface area (Å²) in [7, 11) is 0. The second kappa shape index (κ2) is 11.2. The van der Waals surface area contributed by atoms with Crippen LogP contribution in [0.15, 0.2) is 12.7 Å². The number of allylic oxidation sites excluding steroid dienone is 1. The predicted molar refractivity (Wildman–Crippen MR) is 71.8 cm³/mol. The first-order chi connectivity index (χ1) is 7.70. The normalized spacial score (nSPS) is 13.0. The molecule has 1 N–H and O–H groups in total. The zero-order chi connectivity index (χ0) is 12.2. The molecule has 0 fully saturated rings. The molecular weight excluding hydrogens is 198 g/mol. The number of nitrogens with one attached hydrogen (secondary N) is 1. The lowest BCUT2D eigenvalue weighted by Gasteiger charge is -2.19. The third-order valence-corrected chi connectivity index (χ3v) is 2.58. The van der Waals surface area contributed by atoms with Crippen molar-refractivity contribution in [1.82, 2.24) is 5.32 Å². The van der Waals surface area contributed by atoms with Crippen molar-refractivity contribution in [2.75, 3.05) is 13.2 Å². The molecule has 2 heteroatoms. The maximum atomic E-state index is 5.66. The first kappa shape index (κ1) is 15.7. The van der Waals surface area contributed by atoms with Gasteiger partial charge >= 0.3 is 0 Å². The second-order valence-corrected chi connectivity index (χ2v) is 4.56. The molecule has 0 aliphatic carbocycles. The fourth-order valence-electron chi connectivity index (χ4n) is 1.70. The largest absolute Gasteiger partial charge is 0.377 e. The lowest BCUT2D eigenvalue weighted by molar-refractivity contribution is 0.0593. The van der Waals surface area contributed by atoms with E-state index in [1.807, 2.05) is 6.08 Å². The van der Waals surface area contributed by atoms with Gasteiger partial charge in [0.15, 0.2) is 0 Å². The minimum atomic E-state index is 0.335. The highest BCUT2D eigenvalue weighted by atomic mass is 16.5. The molecule has 0 aliphatic heterocycles. The summed E-state index contributed by atoms with van der Waals surface area (Å²) >= 11 is 0. The molecular formula is C14H29NO. The number of rotatable bonds is 11. The summed E-state index contributed by atoms with van der Waals surface area (Å²) in [5.74, 6) is 0. The molecule has 0 bridgehead atoms. The van der Waals surface area contributed by atoms with Gasteiger partial charge in [0.1, 0.15) is 0 Å². The van der Waals surface area contributed by atoms with Crippen molar-refractivity contribution in [3.05, 3.63) is 12.7 Å². The second-order valence-electron chi connectivity index (χ2n) is 4.56. The minimum absolute atomic E-state index is 0.335. The van der Waals surface area contributed by atoms with Gasteiger partial charge in [-0.2, -0.15) is 0 Å². The van der Waals surface area contributed by atoms with Crippen molar-refractivity contribution in [3.63, 3.8) is 0 Å². The van der Waals surface area contributed by atoms with Crippen LogP contribution in [-0.4, -0.2) is 25.3 Å². The molecule has 0 spiro atoms. The molecule has 0 rings (SSSR count). The molecule has 1 atom stereocenters. The summed E-state index contributed by atoms with van der Waals surface area (Å²) in [6, 6.07) is 0.524. The Balaban J connectivity index is 3.54. The average molecular weight is 227 g/mol. The monoisotopic (exact) mass is 227 g/mol. The topological polar surface area (TPSA) is 21.3 Å². The van der Waals surface area contributed by atoms with E-state index in [4.69, 9.17) is 4.74 Å². The number of ether oxygens (including phenoxy) is 1. The van der Waals surface area contributed by atoms with Crippen LogP contribution in [0, 0.1) is 0 Å². The Morgan fingerprint density at radius 1 is 1.25 bits per heavy atom. The van der Waals surface area contributed by atoms with Crippen LogP contribution in [-0.2, 0) is 4.74 Å². The van der Waals surface area contributed by atoms with Crippen LogP contribution < -0.4 is 5.32 Å². The quantitative estimate of drug-likeness (QED) is 0.431. The van der Waals surface area contributed by atoms with Crippen molar-refractivity contribution in [3.8, 4) is 0 Å². The van der Waals surface area contributed by atoms with Gasteiger partial charge in [-0.15, -0.1) is 6.58 Å². The van der Waals surface area contributed by atoms with E-state index in [0.717, 1.165) is 19.6 Å². The third-order valence-electron chi connectivity index (χ3n) is 2.58. The van der Waals surface area contributed by atoms with Gasteiger partial charge in [0, 0.05) is 6.04 Å².